The number of amides is 1. The summed E-state index contributed by atoms with van der Waals surface area (Å²) in [6, 6.07) is 0.479. The van der Waals surface area contributed by atoms with Gasteiger partial charge >= 0.3 is 0 Å². The zero-order valence-electron chi connectivity index (χ0n) is 11.4. The summed E-state index contributed by atoms with van der Waals surface area (Å²) < 4.78 is 0. The molecule has 0 bridgehead atoms. The topological polar surface area (TPSA) is 58.4 Å². The van der Waals surface area contributed by atoms with Crippen molar-refractivity contribution in [3.05, 3.63) is 0 Å². The van der Waals surface area contributed by atoms with E-state index >= 15 is 0 Å². The second kappa shape index (κ2) is 6.97. The summed E-state index contributed by atoms with van der Waals surface area (Å²) in [5.41, 5.74) is 5.37. The van der Waals surface area contributed by atoms with E-state index in [-0.39, 0.29) is 11.9 Å². The average molecular weight is 241 g/mol. The number of hydrogen-bond donors (Lipinski definition) is 2. The van der Waals surface area contributed by atoms with Crippen LogP contribution in [0, 0.1) is 5.92 Å². The molecule has 0 aromatic carbocycles. The Morgan fingerprint density at radius 3 is 2.76 bits per heavy atom. The fourth-order valence-electron chi connectivity index (χ4n) is 2.60. The largest absolute Gasteiger partial charge is 0.368 e. The fourth-order valence-corrected chi connectivity index (χ4v) is 2.60. The number of likely N-dealkylation sites (tertiary alicyclic amines) is 1. The van der Waals surface area contributed by atoms with Crippen LogP contribution in [0.4, 0.5) is 0 Å². The number of nitrogens with two attached hydrogens (primary N) is 1. The molecule has 3 atom stereocenters. The minimum Gasteiger partial charge on any atom is -0.368 e. The molecule has 0 aliphatic carbocycles. The summed E-state index contributed by atoms with van der Waals surface area (Å²) in [5.74, 6) is 0.428. The number of hydrogen-bond acceptors (Lipinski definition) is 3. The first-order valence-electron chi connectivity index (χ1n) is 6.86. The molecule has 1 rings (SSSR count). The molecule has 17 heavy (non-hydrogen) atoms. The highest BCUT2D eigenvalue weighted by molar-refractivity contribution is 5.79. The lowest BCUT2D eigenvalue weighted by molar-refractivity contribution is -0.123. The summed E-state index contributed by atoms with van der Waals surface area (Å²) in [5, 5.41) is 3.62. The zero-order valence-corrected chi connectivity index (χ0v) is 11.4. The molecule has 1 heterocycles. The predicted molar refractivity (Wildman–Crippen MR) is 70.7 cm³/mol. The maximum Gasteiger partial charge on any atom is 0.234 e. The van der Waals surface area contributed by atoms with E-state index in [9.17, 15) is 4.79 Å². The first-order valence-corrected chi connectivity index (χ1v) is 6.86. The van der Waals surface area contributed by atoms with Crippen LogP contribution in [0.25, 0.3) is 0 Å². The lowest BCUT2D eigenvalue weighted by Gasteiger charge is -2.40. The van der Waals surface area contributed by atoms with Gasteiger partial charge in [0.15, 0.2) is 0 Å². The van der Waals surface area contributed by atoms with Crippen LogP contribution in [0.1, 0.15) is 40.0 Å². The molecule has 4 heteroatoms. The Balaban J connectivity index is 2.51. The van der Waals surface area contributed by atoms with Gasteiger partial charge in [-0.1, -0.05) is 20.3 Å². The summed E-state index contributed by atoms with van der Waals surface area (Å²) in [4.78, 5) is 13.4. The van der Waals surface area contributed by atoms with Crippen LogP contribution in [-0.2, 0) is 4.79 Å². The third-order valence-corrected chi connectivity index (χ3v) is 3.91. The molecule has 4 nitrogen and oxygen atoms in total. The number of carbonyl (C=O) groups excluding carboxylic acids is 1. The van der Waals surface area contributed by atoms with Crippen molar-refractivity contribution < 1.29 is 4.79 Å². The monoisotopic (exact) mass is 241 g/mol. The van der Waals surface area contributed by atoms with E-state index in [4.69, 9.17) is 5.73 Å². The fraction of sp³-hybridized carbons (Fsp3) is 0.923. The van der Waals surface area contributed by atoms with Crippen LogP contribution in [0.3, 0.4) is 0 Å². The van der Waals surface area contributed by atoms with Crippen molar-refractivity contribution in [1.82, 2.24) is 10.2 Å². The van der Waals surface area contributed by atoms with Crippen molar-refractivity contribution in [3.8, 4) is 0 Å². The first kappa shape index (κ1) is 14.5. The second-order valence-corrected chi connectivity index (χ2v) is 5.09. The molecule has 1 saturated heterocycles. The van der Waals surface area contributed by atoms with Crippen molar-refractivity contribution in [2.75, 3.05) is 19.6 Å². The van der Waals surface area contributed by atoms with Gasteiger partial charge in [-0.2, -0.15) is 0 Å². The van der Waals surface area contributed by atoms with Gasteiger partial charge in [0, 0.05) is 19.1 Å². The van der Waals surface area contributed by atoms with Crippen LogP contribution in [0.15, 0.2) is 0 Å². The van der Waals surface area contributed by atoms with Gasteiger partial charge in [-0.3, -0.25) is 9.69 Å². The number of carbonyl (C=O) groups is 1. The molecule has 1 aliphatic heterocycles. The van der Waals surface area contributed by atoms with E-state index in [1.807, 2.05) is 6.92 Å². The van der Waals surface area contributed by atoms with Gasteiger partial charge in [-0.25, -0.2) is 0 Å². The lowest BCUT2D eigenvalue weighted by Crippen LogP contribution is -2.54. The first-order chi connectivity index (χ1) is 8.10. The molecule has 3 unspecified atom stereocenters. The minimum absolute atomic E-state index is 0.129. The maximum atomic E-state index is 11.2. The zero-order chi connectivity index (χ0) is 12.8. The Kier molecular flexibility index (Phi) is 5.92. The highest BCUT2D eigenvalue weighted by atomic mass is 16.1. The molecule has 0 spiro atoms. The average Bonchev–Trinajstić information content (AvgIpc) is 2.35. The van der Waals surface area contributed by atoms with Crippen molar-refractivity contribution in [2.24, 2.45) is 11.7 Å². The highest BCUT2D eigenvalue weighted by Crippen LogP contribution is 2.21. The van der Waals surface area contributed by atoms with Crippen molar-refractivity contribution in [1.29, 1.82) is 0 Å². The third kappa shape index (κ3) is 3.96. The normalized spacial score (nSPS) is 27.9. The van der Waals surface area contributed by atoms with Gasteiger partial charge in [-0.15, -0.1) is 0 Å². The molecular weight excluding hydrogens is 214 g/mol. The number of rotatable bonds is 6. The minimum atomic E-state index is -0.208. The van der Waals surface area contributed by atoms with Gasteiger partial charge < -0.3 is 11.1 Å². The molecule has 1 aliphatic rings. The number of nitrogens with zero attached hydrogens (tertiary/aromatic N) is 1. The van der Waals surface area contributed by atoms with Gasteiger partial charge in [0.25, 0.3) is 0 Å². The van der Waals surface area contributed by atoms with Gasteiger partial charge in [-0.05, 0) is 32.2 Å². The predicted octanol–water partition coefficient (Wildman–Crippen LogP) is 0.960. The summed E-state index contributed by atoms with van der Waals surface area (Å²) in [6.45, 7) is 9.38. The van der Waals surface area contributed by atoms with E-state index in [0.717, 1.165) is 32.5 Å². The van der Waals surface area contributed by atoms with E-state index in [0.29, 0.717) is 12.0 Å². The van der Waals surface area contributed by atoms with E-state index in [1.54, 1.807) is 0 Å². The Labute approximate surface area is 105 Å². The van der Waals surface area contributed by atoms with Crippen LogP contribution in [0.2, 0.25) is 0 Å². The number of primary amides is 1. The summed E-state index contributed by atoms with van der Waals surface area (Å²) >= 11 is 0. The Morgan fingerprint density at radius 2 is 2.24 bits per heavy atom. The van der Waals surface area contributed by atoms with Gasteiger partial charge in [0.1, 0.15) is 0 Å². The molecule has 1 amide bonds. The third-order valence-electron chi connectivity index (χ3n) is 3.91. The van der Waals surface area contributed by atoms with Crippen LogP contribution in [-0.4, -0.2) is 42.5 Å². The van der Waals surface area contributed by atoms with E-state index in [1.165, 1.54) is 6.42 Å². The molecule has 3 N–H and O–H groups in total. The molecule has 0 saturated carbocycles. The molecule has 0 aromatic rings. The molecule has 0 radical (unpaired) electrons. The number of piperidine rings is 1. The van der Waals surface area contributed by atoms with Crippen LogP contribution < -0.4 is 11.1 Å². The highest BCUT2D eigenvalue weighted by Gasteiger charge is 2.31. The van der Waals surface area contributed by atoms with Crippen molar-refractivity contribution in [2.45, 2.75) is 52.1 Å². The molecule has 1 fully saturated rings. The smallest absolute Gasteiger partial charge is 0.234 e. The SMILES string of the molecule is CCCNC1CCN(C(C)C(N)=O)CC1CC. The maximum absolute atomic E-state index is 11.2. The van der Waals surface area contributed by atoms with Crippen LogP contribution in [0.5, 0.6) is 0 Å². The Hall–Kier alpha value is -0.610. The second-order valence-electron chi connectivity index (χ2n) is 5.09. The van der Waals surface area contributed by atoms with Crippen molar-refractivity contribution >= 4 is 5.91 Å². The van der Waals surface area contributed by atoms with E-state index < -0.39 is 0 Å². The summed E-state index contributed by atoms with van der Waals surface area (Å²) in [7, 11) is 0. The number of nitrogens with one attached hydrogen (secondary N) is 1. The van der Waals surface area contributed by atoms with Gasteiger partial charge in [0.2, 0.25) is 5.91 Å². The van der Waals surface area contributed by atoms with Crippen molar-refractivity contribution in [3.63, 3.8) is 0 Å². The Morgan fingerprint density at radius 1 is 1.53 bits per heavy atom. The van der Waals surface area contributed by atoms with E-state index in [2.05, 4.69) is 24.1 Å². The quantitative estimate of drug-likeness (QED) is 0.728. The Bertz CT molecular complexity index is 245. The summed E-state index contributed by atoms with van der Waals surface area (Å²) in [6.07, 6.45) is 3.45. The van der Waals surface area contributed by atoms with Crippen LogP contribution >= 0.6 is 0 Å². The standard InChI is InChI=1S/C13H27N3O/c1-4-7-15-12-6-8-16(9-11(12)5-2)10(3)13(14)17/h10-12,15H,4-9H2,1-3H3,(H2,14,17). The molecular formula is C13H27N3O. The molecule has 100 valence electrons. The van der Waals surface area contributed by atoms with Gasteiger partial charge in [0.05, 0.1) is 6.04 Å². The lowest BCUT2D eigenvalue weighted by atomic mass is 9.89. The molecule has 0 aromatic heterocycles.